The van der Waals surface area contributed by atoms with Gasteiger partial charge >= 0.3 is 5.97 Å². The summed E-state index contributed by atoms with van der Waals surface area (Å²) in [5.41, 5.74) is 0.862. The zero-order valence-corrected chi connectivity index (χ0v) is 16.5. The molecule has 0 radical (unpaired) electrons. The molecule has 2 N–H and O–H groups in total. The molecule has 156 valence electrons. The van der Waals surface area contributed by atoms with Crippen LogP contribution in [0.3, 0.4) is 0 Å². The van der Waals surface area contributed by atoms with Crippen LogP contribution in [0.25, 0.3) is 0 Å². The van der Waals surface area contributed by atoms with Gasteiger partial charge in [0.15, 0.2) is 5.60 Å². The van der Waals surface area contributed by atoms with Crippen molar-refractivity contribution in [1.29, 1.82) is 0 Å². The first kappa shape index (κ1) is 21.1. The molecule has 0 bridgehead atoms. The minimum atomic E-state index is -1.11. The highest BCUT2D eigenvalue weighted by molar-refractivity contribution is 5.78. The minimum absolute atomic E-state index is 0.142. The molecule has 0 aromatic heterocycles. The van der Waals surface area contributed by atoms with E-state index in [1.165, 1.54) is 0 Å². The maximum absolute atomic E-state index is 11.6. The molecule has 1 heterocycles. The van der Waals surface area contributed by atoms with E-state index in [1.54, 1.807) is 0 Å². The van der Waals surface area contributed by atoms with Gasteiger partial charge in [-0.25, -0.2) is 4.79 Å². The zero-order chi connectivity index (χ0) is 20.5. The van der Waals surface area contributed by atoms with Crippen molar-refractivity contribution >= 4 is 5.97 Å². The van der Waals surface area contributed by atoms with Crippen LogP contribution in [0.2, 0.25) is 0 Å². The Kier molecular flexibility index (Phi) is 7.49. The Bertz CT molecular complexity index is 780. The van der Waals surface area contributed by atoms with E-state index in [2.05, 4.69) is 0 Å². The van der Waals surface area contributed by atoms with Gasteiger partial charge in [-0.3, -0.25) is 0 Å². The number of aliphatic hydroxyl groups is 1. The molecule has 2 aromatic rings. The number of carboxylic acids is 1. The fourth-order valence-corrected chi connectivity index (χ4v) is 3.48. The van der Waals surface area contributed by atoms with Crippen LogP contribution in [-0.2, 0) is 22.4 Å². The average Bonchev–Trinajstić information content (AvgIpc) is 3.19. The number of hydrogen-bond acceptors (Lipinski definition) is 5. The van der Waals surface area contributed by atoms with E-state index >= 15 is 0 Å². The predicted octanol–water partition coefficient (Wildman–Crippen LogP) is 3.25. The molecule has 0 saturated carbocycles. The molecule has 6 heteroatoms. The quantitative estimate of drug-likeness (QED) is 0.563. The van der Waals surface area contributed by atoms with Crippen molar-refractivity contribution < 1.29 is 29.2 Å². The lowest BCUT2D eigenvalue weighted by Gasteiger charge is -2.23. The number of hydrogen-bond donors (Lipinski definition) is 2. The van der Waals surface area contributed by atoms with Gasteiger partial charge in [0, 0.05) is 26.1 Å². The smallest absolute Gasteiger partial charge is 0.336 e. The van der Waals surface area contributed by atoms with E-state index in [-0.39, 0.29) is 6.61 Å². The second kappa shape index (κ2) is 10.3. The Morgan fingerprint density at radius 2 is 1.79 bits per heavy atom. The van der Waals surface area contributed by atoms with Crippen molar-refractivity contribution in [2.45, 2.75) is 37.7 Å². The Morgan fingerprint density at radius 1 is 1.03 bits per heavy atom. The lowest BCUT2D eigenvalue weighted by atomic mass is 9.91. The van der Waals surface area contributed by atoms with Gasteiger partial charge in [-0.1, -0.05) is 24.3 Å². The van der Waals surface area contributed by atoms with Crippen molar-refractivity contribution in [3.63, 3.8) is 0 Å². The maximum Gasteiger partial charge on any atom is 0.336 e. The number of rotatable bonds is 11. The first-order valence-electron chi connectivity index (χ1n) is 10.0. The summed E-state index contributed by atoms with van der Waals surface area (Å²) in [5, 5.41) is 18.5. The summed E-state index contributed by atoms with van der Waals surface area (Å²) in [6.45, 7) is 1.68. The summed E-state index contributed by atoms with van der Waals surface area (Å²) in [7, 11) is 0. The second-order valence-corrected chi connectivity index (χ2v) is 7.24. The molecular weight excluding hydrogens is 372 g/mol. The average molecular weight is 400 g/mol. The van der Waals surface area contributed by atoms with Crippen molar-refractivity contribution in [2.24, 2.45) is 0 Å². The van der Waals surface area contributed by atoms with Crippen LogP contribution in [0.15, 0.2) is 48.5 Å². The van der Waals surface area contributed by atoms with E-state index < -0.39 is 11.6 Å². The number of benzene rings is 2. The Morgan fingerprint density at radius 3 is 2.45 bits per heavy atom. The molecule has 0 spiro atoms. The molecule has 1 atom stereocenters. The topological polar surface area (TPSA) is 85.2 Å². The number of ether oxygens (including phenoxy) is 3. The van der Waals surface area contributed by atoms with Crippen LogP contribution in [0.4, 0.5) is 0 Å². The first-order valence-corrected chi connectivity index (χ1v) is 10.0. The summed E-state index contributed by atoms with van der Waals surface area (Å²) in [6.07, 6.45) is 3.02. The SMILES string of the molecule is O=C(O)C1(Cc2cccc(OCCCOc3ccc(CCO)cc3)c2)CCCO1. The van der Waals surface area contributed by atoms with Gasteiger partial charge in [-0.05, 0) is 54.7 Å². The highest BCUT2D eigenvalue weighted by Gasteiger charge is 2.42. The molecule has 1 saturated heterocycles. The number of carboxylic acid groups (broad SMARTS) is 1. The summed E-state index contributed by atoms with van der Waals surface area (Å²) >= 11 is 0. The van der Waals surface area contributed by atoms with Crippen molar-refractivity contribution in [3.8, 4) is 11.5 Å². The third-order valence-corrected chi connectivity index (χ3v) is 5.03. The fraction of sp³-hybridized carbons (Fsp3) is 0.435. The predicted molar refractivity (Wildman–Crippen MR) is 109 cm³/mol. The molecular formula is C23H28O6. The molecule has 6 nitrogen and oxygen atoms in total. The fourth-order valence-electron chi connectivity index (χ4n) is 3.48. The van der Waals surface area contributed by atoms with Crippen LogP contribution < -0.4 is 9.47 Å². The monoisotopic (exact) mass is 400 g/mol. The minimum Gasteiger partial charge on any atom is -0.493 e. The van der Waals surface area contributed by atoms with Crippen LogP contribution in [0, 0.1) is 0 Å². The Hall–Kier alpha value is -2.57. The molecule has 1 fully saturated rings. The van der Waals surface area contributed by atoms with Gasteiger partial charge in [0.1, 0.15) is 11.5 Å². The summed E-state index contributed by atoms with van der Waals surface area (Å²) in [6, 6.07) is 15.2. The van der Waals surface area contributed by atoms with Crippen LogP contribution in [0.1, 0.15) is 30.4 Å². The van der Waals surface area contributed by atoms with Gasteiger partial charge in [-0.15, -0.1) is 0 Å². The second-order valence-electron chi connectivity index (χ2n) is 7.24. The first-order chi connectivity index (χ1) is 14.1. The molecule has 1 aliphatic heterocycles. The van der Waals surface area contributed by atoms with Crippen LogP contribution in [-0.4, -0.2) is 48.2 Å². The van der Waals surface area contributed by atoms with Gasteiger partial charge in [0.25, 0.3) is 0 Å². The van der Waals surface area contributed by atoms with Crippen molar-refractivity contribution in [1.82, 2.24) is 0 Å². The number of aliphatic carboxylic acids is 1. The molecule has 29 heavy (non-hydrogen) atoms. The van der Waals surface area contributed by atoms with Crippen molar-refractivity contribution in [3.05, 3.63) is 59.7 Å². The lowest BCUT2D eigenvalue weighted by molar-refractivity contribution is -0.159. The van der Waals surface area contributed by atoms with Gasteiger partial charge < -0.3 is 24.4 Å². The van der Waals surface area contributed by atoms with E-state index in [0.29, 0.717) is 39.1 Å². The molecule has 1 aliphatic rings. The van der Waals surface area contributed by atoms with E-state index in [9.17, 15) is 9.90 Å². The largest absolute Gasteiger partial charge is 0.493 e. The highest BCUT2D eigenvalue weighted by atomic mass is 16.5. The van der Waals surface area contributed by atoms with Crippen LogP contribution in [0.5, 0.6) is 11.5 Å². The van der Waals surface area contributed by atoms with Gasteiger partial charge in [0.2, 0.25) is 0 Å². The Labute approximate surface area is 171 Å². The normalized spacial score (nSPS) is 18.5. The molecule has 1 unspecified atom stereocenters. The summed E-state index contributed by atoms with van der Waals surface area (Å²) < 4.78 is 17.1. The molecule has 3 rings (SSSR count). The number of carbonyl (C=O) groups is 1. The summed E-state index contributed by atoms with van der Waals surface area (Å²) in [5.74, 6) is 0.612. The lowest BCUT2D eigenvalue weighted by Crippen LogP contribution is -2.40. The van der Waals surface area contributed by atoms with E-state index in [4.69, 9.17) is 19.3 Å². The molecule has 2 aromatic carbocycles. The molecule has 0 aliphatic carbocycles. The van der Waals surface area contributed by atoms with Gasteiger partial charge in [0.05, 0.1) is 13.2 Å². The standard InChI is InChI=1S/C23H28O6/c24-12-10-18-6-8-20(9-7-18)27-13-3-14-28-21-5-1-4-19(16-21)17-23(22(25)26)11-2-15-29-23/h1,4-9,16,24H,2-3,10-15,17H2,(H,25,26). The third kappa shape index (κ3) is 5.95. The highest BCUT2D eigenvalue weighted by Crippen LogP contribution is 2.31. The Balaban J connectivity index is 1.43. The zero-order valence-electron chi connectivity index (χ0n) is 16.5. The van der Waals surface area contributed by atoms with Crippen molar-refractivity contribution in [2.75, 3.05) is 26.4 Å². The summed E-state index contributed by atoms with van der Waals surface area (Å²) in [4.78, 5) is 11.6. The third-order valence-electron chi connectivity index (χ3n) is 5.03. The van der Waals surface area contributed by atoms with Crippen LogP contribution >= 0.6 is 0 Å². The maximum atomic E-state index is 11.6. The van der Waals surface area contributed by atoms with E-state index in [0.717, 1.165) is 35.5 Å². The number of aliphatic hydroxyl groups excluding tert-OH is 1. The van der Waals surface area contributed by atoms with Gasteiger partial charge in [-0.2, -0.15) is 0 Å². The van der Waals surface area contributed by atoms with E-state index in [1.807, 2.05) is 48.5 Å². The molecule has 0 amide bonds.